The normalized spacial score (nSPS) is 10.8. The molecule has 0 atom stereocenters. The summed E-state index contributed by atoms with van der Waals surface area (Å²) in [4.78, 5) is 25.4. The number of amides is 1. The molecular formula is C15H19FN2O4. The van der Waals surface area contributed by atoms with Crippen molar-refractivity contribution in [3.05, 3.63) is 40.3 Å². The summed E-state index contributed by atoms with van der Waals surface area (Å²) in [5, 5.41) is 0.183. The van der Waals surface area contributed by atoms with Crippen LogP contribution < -0.4 is 11.4 Å². The average Bonchev–Trinajstić information content (AvgIpc) is 2.37. The lowest BCUT2D eigenvalue weighted by atomic mass is 10.2. The van der Waals surface area contributed by atoms with Gasteiger partial charge in [0.2, 0.25) is 0 Å². The second kappa shape index (κ2) is 7.02. The van der Waals surface area contributed by atoms with Crippen molar-refractivity contribution < 1.29 is 18.3 Å². The number of carbonyl (C=O) groups is 1. The van der Waals surface area contributed by atoms with E-state index in [1.807, 2.05) is 6.92 Å². The summed E-state index contributed by atoms with van der Waals surface area (Å²) in [6.07, 6.45) is -0.180. The first kappa shape index (κ1) is 17.6. The second-order valence-corrected chi connectivity index (χ2v) is 5.44. The van der Waals surface area contributed by atoms with Gasteiger partial charge in [0.1, 0.15) is 11.4 Å². The molecule has 7 heteroatoms. The van der Waals surface area contributed by atoms with E-state index < -0.39 is 23.1 Å². The molecule has 0 aliphatic rings. The molecular weight excluding hydrogens is 291 g/mol. The van der Waals surface area contributed by atoms with Gasteiger partial charge in [-0.1, -0.05) is 6.92 Å². The van der Waals surface area contributed by atoms with Gasteiger partial charge in [0, 0.05) is 6.42 Å². The highest BCUT2D eigenvalue weighted by molar-refractivity contribution is 5.76. The number of rotatable bonds is 1. The van der Waals surface area contributed by atoms with Crippen molar-refractivity contribution in [2.75, 3.05) is 0 Å². The van der Waals surface area contributed by atoms with Crippen LogP contribution in [-0.4, -0.2) is 16.7 Å². The molecule has 0 saturated heterocycles. The van der Waals surface area contributed by atoms with Crippen molar-refractivity contribution in [2.45, 2.75) is 39.7 Å². The van der Waals surface area contributed by atoms with Gasteiger partial charge in [-0.2, -0.15) is 0 Å². The Morgan fingerprint density at radius 2 is 2.05 bits per heavy atom. The van der Waals surface area contributed by atoms with Gasteiger partial charge in [-0.25, -0.2) is 19.0 Å². The quantitative estimate of drug-likeness (QED) is 0.873. The molecule has 0 saturated carbocycles. The zero-order chi connectivity index (χ0) is 16.9. The summed E-state index contributed by atoms with van der Waals surface area (Å²) in [7, 11) is 0. The van der Waals surface area contributed by atoms with Crippen molar-refractivity contribution in [3.63, 3.8) is 0 Å². The summed E-state index contributed by atoms with van der Waals surface area (Å²) in [5.41, 5.74) is 4.20. The standard InChI is InChI=1S/C10H8FNO2.C5H11NO2/c1-2-9-12-8-4-3-6(11)5-7(8)10(13)14-9;1-5(2,3)8-4(6)7/h3-5H,2H2,1H3;1-3H3,(H2,6,7). The van der Waals surface area contributed by atoms with Crippen LogP contribution in [0.3, 0.4) is 0 Å². The topological polar surface area (TPSA) is 95.4 Å². The van der Waals surface area contributed by atoms with Gasteiger partial charge in [-0.15, -0.1) is 0 Å². The van der Waals surface area contributed by atoms with Crippen LogP contribution in [-0.2, 0) is 11.2 Å². The molecule has 120 valence electrons. The van der Waals surface area contributed by atoms with Crippen molar-refractivity contribution in [3.8, 4) is 0 Å². The maximum absolute atomic E-state index is 12.8. The molecule has 1 aromatic heterocycles. The largest absolute Gasteiger partial charge is 0.444 e. The molecule has 0 aliphatic carbocycles. The molecule has 2 N–H and O–H groups in total. The molecule has 1 amide bonds. The molecule has 0 fully saturated rings. The fourth-order valence-electron chi connectivity index (χ4n) is 1.54. The minimum atomic E-state index is -0.725. The smallest absolute Gasteiger partial charge is 0.405 e. The minimum absolute atomic E-state index is 0.183. The number of nitrogens with zero attached hydrogens (tertiary/aromatic N) is 1. The monoisotopic (exact) mass is 310 g/mol. The molecule has 22 heavy (non-hydrogen) atoms. The number of benzene rings is 1. The Labute approximate surface area is 127 Å². The Bertz CT molecular complexity index is 720. The number of halogens is 1. The van der Waals surface area contributed by atoms with E-state index in [0.29, 0.717) is 17.8 Å². The molecule has 0 radical (unpaired) electrons. The van der Waals surface area contributed by atoms with E-state index in [-0.39, 0.29) is 5.39 Å². The molecule has 1 heterocycles. The fraction of sp³-hybridized carbons (Fsp3) is 0.400. The number of carbonyl (C=O) groups excluding carboxylic acids is 1. The van der Waals surface area contributed by atoms with Crippen LogP contribution >= 0.6 is 0 Å². The SMILES string of the molecule is CC(C)(C)OC(N)=O.CCc1nc2ccc(F)cc2c(=O)o1. The molecule has 1 aromatic carbocycles. The number of aromatic nitrogens is 1. The van der Waals surface area contributed by atoms with Gasteiger partial charge >= 0.3 is 11.7 Å². The molecule has 2 rings (SSSR count). The number of hydrogen-bond acceptors (Lipinski definition) is 5. The maximum Gasteiger partial charge on any atom is 0.405 e. The van der Waals surface area contributed by atoms with Crippen molar-refractivity contribution >= 4 is 17.0 Å². The summed E-state index contributed by atoms with van der Waals surface area (Å²) in [5.74, 6) is -0.0926. The van der Waals surface area contributed by atoms with Crippen LogP contribution in [0.1, 0.15) is 33.6 Å². The number of primary amides is 1. The first-order valence-corrected chi connectivity index (χ1v) is 6.70. The van der Waals surface area contributed by atoms with E-state index in [2.05, 4.69) is 9.72 Å². The zero-order valence-electron chi connectivity index (χ0n) is 13.0. The predicted octanol–water partition coefficient (Wildman–Crippen LogP) is 2.77. The van der Waals surface area contributed by atoms with E-state index in [0.717, 1.165) is 6.07 Å². The van der Waals surface area contributed by atoms with Crippen LogP contribution in [0.4, 0.5) is 9.18 Å². The first-order valence-electron chi connectivity index (χ1n) is 6.70. The van der Waals surface area contributed by atoms with Crippen molar-refractivity contribution in [1.82, 2.24) is 4.98 Å². The van der Waals surface area contributed by atoms with E-state index in [1.165, 1.54) is 12.1 Å². The van der Waals surface area contributed by atoms with Gasteiger partial charge < -0.3 is 14.9 Å². The van der Waals surface area contributed by atoms with Crippen LogP contribution in [0.15, 0.2) is 27.4 Å². The average molecular weight is 310 g/mol. The Balaban J connectivity index is 0.000000261. The van der Waals surface area contributed by atoms with E-state index in [9.17, 15) is 14.0 Å². The molecule has 0 aliphatic heterocycles. The van der Waals surface area contributed by atoms with Crippen LogP contribution in [0.25, 0.3) is 10.9 Å². The predicted molar refractivity (Wildman–Crippen MR) is 80.0 cm³/mol. The summed E-state index contributed by atoms with van der Waals surface area (Å²) in [6.45, 7) is 7.12. The third kappa shape index (κ3) is 5.51. The van der Waals surface area contributed by atoms with Crippen molar-refractivity contribution in [1.29, 1.82) is 0 Å². The molecule has 6 nitrogen and oxygen atoms in total. The lowest BCUT2D eigenvalue weighted by molar-refractivity contribution is 0.0600. The Morgan fingerprint density at radius 3 is 2.50 bits per heavy atom. The van der Waals surface area contributed by atoms with E-state index in [4.69, 9.17) is 10.2 Å². The summed E-state index contributed by atoms with van der Waals surface area (Å²) in [6, 6.07) is 3.88. The Morgan fingerprint density at radius 1 is 1.41 bits per heavy atom. The van der Waals surface area contributed by atoms with Gasteiger partial charge in [0.25, 0.3) is 0 Å². The number of fused-ring (bicyclic) bond motifs is 1. The molecule has 2 aromatic rings. The third-order valence-electron chi connectivity index (χ3n) is 2.34. The highest BCUT2D eigenvalue weighted by atomic mass is 19.1. The van der Waals surface area contributed by atoms with Crippen LogP contribution in [0.2, 0.25) is 0 Å². The fourth-order valence-corrected chi connectivity index (χ4v) is 1.54. The summed E-state index contributed by atoms with van der Waals surface area (Å²) < 4.78 is 22.2. The lowest BCUT2D eigenvalue weighted by Gasteiger charge is -2.16. The zero-order valence-corrected chi connectivity index (χ0v) is 13.0. The third-order valence-corrected chi connectivity index (χ3v) is 2.34. The minimum Gasteiger partial charge on any atom is -0.444 e. The maximum atomic E-state index is 12.8. The van der Waals surface area contributed by atoms with Gasteiger partial charge in [-0.3, -0.25) is 0 Å². The summed E-state index contributed by atoms with van der Waals surface area (Å²) >= 11 is 0. The number of aryl methyl sites for hydroxylation is 1. The van der Waals surface area contributed by atoms with Crippen LogP contribution in [0.5, 0.6) is 0 Å². The number of ether oxygens (including phenoxy) is 1. The highest BCUT2D eigenvalue weighted by Gasteiger charge is 2.12. The Kier molecular flexibility index (Phi) is 5.62. The highest BCUT2D eigenvalue weighted by Crippen LogP contribution is 2.10. The number of hydrogen-bond donors (Lipinski definition) is 1. The second-order valence-electron chi connectivity index (χ2n) is 5.44. The van der Waals surface area contributed by atoms with E-state index >= 15 is 0 Å². The Hall–Kier alpha value is -2.44. The van der Waals surface area contributed by atoms with Crippen molar-refractivity contribution in [2.24, 2.45) is 5.73 Å². The number of nitrogens with two attached hydrogens (primary N) is 1. The first-order chi connectivity index (χ1) is 10.1. The van der Waals surface area contributed by atoms with Gasteiger partial charge in [-0.05, 0) is 39.0 Å². The molecule has 0 bridgehead atoms. The van der Waals surface area contributed by atoms with Crippen LogP contribution in [0, 0.1) is 5.82 Å². The lowest BCUT2D eigenvalue weighted by Crippen LogP contribution is -2.27. The molecule has 0 unspecified atom stereocenters. The molecule has 0 spiro atoms. The van der Waals surface area contributed by atoms with E-state index in [1.54, 1.807) is 20.8 Å². The van der Waals surface area contributed by atoms with Gasteiger partial charge in [0.15, 0.2) is 5.89 Å². The van der Waals surface area contributed by atoms with Gasteiger partial charge in [0.05, 0.1) is 10.9 Å².